The highest BCUT2D eigenvalue weighted by Gasteiger charge is 2.53. The molecule has 4 rings (SSSR count). The van der Waals surface area contributed by atoms with E-state index in [-0.39, 0.29) is 17.9 Å². The molecule has 1 aromatic heterocycles. The summed E-state index contributed by atoms with van der Waals surface area (Å²) < 4.78 is 5.67. The van der Waals surface area contributed by atoms with Gasteiger partial charge in [-0.1, -0.05) is 33.3 Å². The first-order valence-corrected chi connectivity index (χ1v) is 12.0. The van der Waals surface area contributed by atoms with Crippen LogP contribution in [0.2, 0.25) is 0 Å². The average molecular weight is 467 g/mol. The Kier molecular flexibility index (Phi) is 6.27. The molecule has 1 aliphatic carbocycles. The summed E-state index contributed by atoms with van der Waals surface area (Å²) in [6.45, 7) is 10.1. The molecule has 0 bridgehead atoms. The Morgan fingerprint density at radius 1 is 1.26 bits per heavy atom. The number of hydrogen-bond acceptors (Lipinski definition) is 5. The molecule has 2 heterocycles. The van der Waals surface area contributed by atoms with E-state index >= 15 is 0 Å². The third-order valence-corrected chi connectivity index (χ3v) is 7.82. The third-order valence-electron chi connectivity index (χ3n) is 7.82. The van der Waals surface area contributed by atoms with Crippen molar-refractivity contribution in [2.45, 2.75) is 72.3 Å². The van der Waals surface area contributed by atoms with Crippen molar-refractivity contribution in [1.82, 2.24) is 15.2 Å². The van der Waals surface area contributed by atoms with E-state index in [4.69, 9.17) is 4.42 Å². The Balaban J connectivity index is 1.40. The first kappa shape index (κ1) is 24.0. The Labute approximate surface area is 200 Å². The minimum Gasteiger partial charge on any atom is -0.441 e. The van der Waals surface area contributed by atoms with Gasteiger partial charge >= 0.3 is 6.03 Å². The molecule has 182 valence electrons. The molecule has 34 heavy (non-hydrogen) atoms. The van der Waals surface area contributed by atoms with E-state index in [1.807, 2.05) is 19.9 Å². The van der Waals surface area contributed by atoms with Crippen LogP contribution in [0.25, 0.3) is 11.5 Å². The van der Waals surface area contributed by atoms with E-state index < -0.39 is 17.5 Å². The van der Waals surface area contributed by atoms with Crippen LogP contribution in [0.5, 0.6) is 0 Å². The highest BCUT2D eigenvalue weighted by Crippen LogP contribution is 2.45. The van der Waals surface area contributed by atoms with Gasteiger partial charge in [-0.25, -0.2) is 9.78 Å². The standard InChI is InChI=1S/C26H34N4O4/c1-6-25(4,5)19-10-12-26(13-11-19)23(32)30(24(33)29-26)15-21(31)28-20-9-7-8-18(14-20)22-27-16(2)17(3)34-22/h7-9,14,19H,6,10-13,15H2,1-5H3,(H,28,31)(H,29,33). The second-order valence-corrected chi connectivity index (χ2v) is 10.3. The summed E-state index contributed by atoms with van der Waals surface area (Å²) in [5, 5.41) is 5.69. The fraction of sp³-hybridized carbons (Fsp3) is 0.538. The van der Waals surface area contributed by atoms with E-state index in [0.717, 1.165) is 41.2 Å². The van der Waals surface area contributed by atoms with Crippen LogP contribution in [0.1, 0.15) is 64.3 Å². The molecule has 1 aliphatic heterocycles. The zero-order valence-corrected chi connectivity index (χ0v) is 20.7. The smallest absolute Gasteiger partial charge is 0.325 e. The van der Waals surface area contributed by atoms with E-state index in [9.17, 15) is 14.4 Å². The topological polar surface area (TPSA) is 105 Å². The molecule has 8 heteroatoms. The molecule has 2 aliphatic rings. The summed E-state index contributed by atoms with van der Waals surface area (Å²) in [6, 6.07) is 6.64. The number of oxazole rings is 1. The highest BCUT2D eigenvalue weighted by molar-refractivity contribution is 6.10. The lowest BCUT2D eigenvalue weighted by molar-refractivity contribution is -0.135. The van der Waals surface area contributed by atoms with Crippen LogP contribution >= 0.6 is 0 Å². The first-order valence-electron chi connectivity index (χ1n) is 12.0. The van der Waals surface area contributed by atoms with Crippen molar-refractivity contribution in [2.75, 3.05) is 11.9 Å². The summed E-state index contributed by atoms with van der Waals surface area (Å²) in [4.78, 5) is 44.0. The highest BCUT2D eigenvalue weighted by atomic mass is 16.4. The predicted molar refractivity (Wildman–Crippen MR) is 129 cm³/mol. The Hall–Kier alpha value is -3.16. The van der Waals surface area contributed by atoms with Gasteiger partial charge in [0, 0.05) is 11.3 Å². The van der Waals surface area contributed by atoms with Crippen LogP contribution in [0, 0.1) is 25.2 Å². The normalized spacial score (nSPS) is 22.9. The Morgan fingerprint density at radius 2 is 1.97 bits per heavy atom. The van der Waals surface area contributed by atoms with Gasteiger partial charge in [-0.05, 0) is 69.1 Å². The number of nitrogens with one attached hydrogen (secondary N) is 2. The van der Waals surface area contributed by atoms with Gasteiger partial charge < -0.3 is 15.1 Å². The van der Waals surface area contributed by atoms with Crippen LogP contribution in [-0.4, -0.2) is 39.8 Å². The number of benzene rings is 1. The minimum atomic E-state index is -0.877. The molecule has 4 amide bonds. The minimum absolute atomic E-state index is 0.212. The summed E-state index contributed by atoms with van der Waals surface area (Å²) in [5.74, 6) is 1.01. The molecule has 1 aromatic carbocycles. The Bertz CT molecular complexity index is 1090. The molecule has 1 spiro atoms. The number of carbonyl (C=O) groups excluding carboxylic acids is 3. The van der Waals surface area contributed by atoms with Gasteiger partial charge in [0.1, 0.15) is 17.8 Å². The first-order chi connectivity index (χ1) is 16.0. The van der Waals surface area contributed by atoms with Gasteiger partial charge in [0.25, 0.3) is 5.91 Å². The van der Waals surface area contributed by atoms with Gasteiger partial charge in [0.05, 0.1) is 5.69 Å². The number of nitrogens with zero attached hydrogens (tertiary/aromatic N) is 2. The molecule has 2 aromatic rings. The molecule has 2 fully saturated rings. The van der Waals surface area contributed by atoms with Crippen LogP contribution in [0.15, 0.2) is 28.7 Å². The van der Waals surface area contributed by atoms with Gasteiger partial charge in [-0.15, -0.1) is 0 Å². The predicted octanol–water partition coefficient (Wildman–Crippen LogP) is 4.81. The second kappa shape index (κ2) is 8.89. The molecule has 2 N–H and O–H groups in total. The van der Waals surface area contributed by atoms with Crippen molar-refractivity contribution < 1.29 is 18.8 Å². The maximum atomic E-state index is 13.2. The number of aryl methyl sites for hydroxylation is 2. The maximum absolute atomic E-state index is 13.2. The van der Waals surface area contributed by atoms with E-state index in [1.165, 1.54) is 0 Å². The van der Waals surface area contributed by atoms with Gasteiger partial charge in [0.2, 0.25) is 11.8 Å². The van der Waals surface area contributed by atoms with E-state index in [2.05, 4.69) is 36.4 Å². The van der Waals surface area contributed by atoms with Gasteiger partial charge in [-0.2, -0.15) is 0 Å². The van der Waals surface area contributed by atoms with Crippen molar-refractivity contribution in [1.29, 1.82) is 0 Å². The lowest BCUT2D eigenvalue weighted by atomic mass is 9.65. The fourth-order valence-corrected chi connectivity index (χ4v) is 5.01. The molecule has 0 radical (unpaired) electrons. The molecular formula is C26H34N4O4. The quantitative estimate of drug-likeness (QED) is 0.594. The van der Waals surface area contributed by atoms with Crippen LogP contribution < -0.4 is 10.6 Å². The van der Waals surface area contributed by atoms with Crippen LogP contribution in [-0.2, 0) is 9.59 Å². The van der Waals surface area contributed by atoms with Gasteiger partial charge in [0.15, 0.2) is 0 Å². The van der Waals surface area contributed by atoms with Crippen molar-refractivity contribution in [3.8, 4) is 11.5 Å². The lowest BCUT2D eigenvalue weighted by Crippen LogP contribution is -2.51. The number of hydrogen-bond donors (Lipinski definition) is 2. The SMILES string of the molecule is CCC(C)(C)C1CCC2(CC1)NC(=O)N(CC(=O)Nc1cccc(-c3nc(C)c(C)o3)c1)C2=O. The van der Waals surface area contributed by atoms with Crippen molar-refractivity contribution >= 4 is 23.5 Å². The molecule has 8 nitrogen and oxygen atoms in total. The number of anilines is 1. The number of carbonyl (C=O) groups is 3. The van der Waals surface area contributed by atoms with Crippen LogP contribution in [0.4, 0.5) is 10.5 Å². The van der Waals surface area contributed by atoms with Gasteiger partial charge in [-0.3, -0.25) is 14.5 Å². The average Bonchev–Trinajstić information content (AvgIpc) is 3.25. The number of imide groups is 1. The summed E-state index contributed by atoms with van der Waals surface area (Å²) >= 11 is 0. The van der Waals surface area contributed by atoms with E-state index in [0.29, 0.717) is 30.3 Å². The summed E-state index contributed by atoms with van der Waals surface area (Å²) in [7, 11) is 0. The van der Waals surface area contributed by atoms with Crippen LogP contribution in [0.3, 0.4) is 0 Å². The van der Waals surface area contributed by atoms with E-state index in [1.54, 1.807) is 18.2 Å². The largest absolute Gasteiger partial charge is 0.441 e. The van der Waals surface area contributed by atoms with Crippen molar-refractivity contribution in [2.24, 2.45) is 11.3 Å². The maximum Gasteiger partial charge on any atom is 0.325 e. The lowest BCUT2D eigenvalue weighted by Gasteiger charge is -2.42. The molecule has 0 atom stereocenters. The zero-order chi connectivity index (χ0) is 24.7. The molecule has 1 saturated carbocycles. The zero-order valence-electron chi connectivity index (χ0n) is 20.7. The monoisotopic (exact) mass is 466 g/mol. The second-order valence-electron chi connectivity index (χ2n) is 10.3. The number of amides is 4. The van der Waals surface area contributed by atoms with Crippen molar-refractivity contribution in [3.05, 3.63) is 35.7 Å². The number of aromatic nitrogens is 1. The third kappa shape index (κ3) is 4.45. The molecule has 1 saturated heterocycles. The number of urea groups is 1. The Morgan fingerprint density at radius 3 is 2.59 bits per heavy atom. The molecule has 0 unspecified atom stereocenters. The molecular weight excluding hydrogens is 432 g/mol. The summed E-state index contributed by atoms with van der Waals surface area (Å²) in [6.07, 6.45) is 4.08. The van der Waals surface area contributed by atoms with Crippen molar-refractivity contribution in [3.63, 3.8) is 0 Å². The summed E-state index contributed by atoms with van der Waals surface area (Å²) in [5.41, 5.74) is 1.42. The number of rotatable bonds is 6. The fourth-order valence-electron chi connectivity index (χ4n) is 5.01.